The first-order valence-electron chi connectivity index (χ1n) is 5.69. The van der Waals surface area contributed by atoms with Crippen LogP contribution in [-0.2, 0) is 4.74 Å². The Morgan fingerprint density at radius 3 is 2.69 bits per heavy atom. The molecule has 1 aromatic rings. The summed E-state index contributed by atoms with van der Waals surface area (Å²) in [6.45, 7) is 3.11. The van der Waals surface area contributed by atoms with E-state index in [2.05, 4.69) is 43.1 Å². The minimum atomic E-state index is 0.128. The number of alkyl halides is 1. The van der Waals surface area contributed by atoms with Gasteiger partial charge >= 0.3 is 0 Å². The Labute approximate surface area is 102 Å². The van der Waals surface area contributed by atoms with Crippen LogP contribution in [0, 0.1) is 0 Å². The number of ether oxygens (including phenoxy) is 1. The van der Waals surface area contributed by atoms with Gasteiger partial charge in [-0.1, -0.05) is 30.3 Å². The Morgan fingerprint density at radius 1 is 1.38 bits per heavy atom. The zero-order valence-electron chi connectivity index (χ0n) is 9.77. The molecule has 0 bridgehead atoms. The smallest absolute Gasteiger partial charge is 0.0982 e. The van der Waals surface area contributed by atoms with Gasteiger partial charge in [-0.05, 0) is 19.5 Å². The average Bonchev–Trinajstić information content (AvgIpc) is 2.33. The van der Waals surface area contributed by atoms with Gasteiger partial charge in [0.1, 0.15) is 0 Å². The molecule has 16 heavy (non-hydrogen) atoms. The first-order valence-corrected chi connectivity index (χ1v) is 6.22. The van der Waals surface area contributed by atoms with Gasteiger partial charge in [-0.25, -0.2) is 0 Å². The maximum atomic E-state index is 6.03. The van der Waals surface area contributed by atoms with Crippen molar-refractivity contribution in [3.8, 4) is 0 Å². The van der Waals surface area contributed by atoms with Gasteiger partial charge in [0, 0.05) is 18.5 Å². The van der Waals surface area contributed by atoms with Crippen LogP contribution in [0.2, 0.25) is 0 Å². The Morgan fingerprint density at radius 2 is 2.06 bits per heavy atom. The van der Waals surface area contributed by atoms with E-state index in [1.165, 1.54) is 5.56 Å². The molecule has 0 N–H and O–H groups in total. The van der Waals surface area contributed by atoms with Crippen LogP contribution in [0.3, 0.4) is 0 Å². The number of benzene rings is 1. The van der Waals surface area contributed by atoms with Gasteiger partial charge < -0.3 is 4.74 Å². The minimum Gasteiger partial charge on any atom is -0.366 e. The molecule has 1 aliphatic heterocycles. The molecule has 1 heterocycles. The fourth-order valence-corrected chi connectivity index (χ4v) is 2.34. The van der Waals surface area contributed by atoms with Crippen LogP contribution in [0.4, 0.5) is 0 Å². The van der Waals surface area contributed by atoms with Crippen molar-refractivity contribution >= 4 is 11.6 Å². The SMILES string of the molecule is C[C@H]1[C@@H](c2ccccc2)O[C@@H](CCl)CN1C. The van der Waals surface area contributed by atoms with E-state index in [1.807, 2.05) is 6.07 Å². The number of halogens is 1. The van der Waals surface area contributed by atoms with Crippen molar-refractivity contribution in [1.29, 1.82) is 0 Å². The van der Waals surface area contributed by atoms with Gasteiger partial charge in [0.25, 0.3) is 0 Å². The molecule has 0 aliphatic carbocycles. The highest BCUT2D eigenvalue weighted by molar-refractivity contribution is 6.18. The van der Waals surface area contributed by atoms with Crippen LogP contribution in [0.5, 0.6) is 0 Å². The number of likely N-dealkylation sites (N-methyl/N-ethyl adjacent to an activating group) is 1. The molecule has 0 radical (unpaired) electrons. The van der Waals surface area contributed by atoms with Crippen molar-refractivity contribution < 1.29 is 4.74 Å². The van der Waals surface area contributed by atoms with Crippen molar-refractivity contribution in [2.45, 2.75) is 25.2 Å². The van der Waals surface area contributed by atoms with Gasteiger partial charge in [-0.2, -0.15) is 0 Å². The van der Waals surface area contributed by atoms with Gasteiger partial charge in [-0.3, -0.25) is 4.90 Å². The summed E-state index contributed by atoms with van der Waals surface area (Å²) in [5.41, 5.74) is 1.23. The lowest BCUT2D eigenvalue weighted by molar-refractivity contribution is -0.101. The molecule has 3 heteroatoms. The lowest BCUT2D eigenvalue weighted by atomic mass is 10.00. The third kappa shape index (κ3) is 2.40. The topological polar surface area (TPSA) is 12.5 Å². The second-order valence-electron chi connectivity index (χ2n) is 4.42. The molecule has 3 atom stereocenters. The normalized spacial score (nSPS) is 31.6. The quantitative estimate of drug-likeness (QED) is 0.736. The largest absolute Gasteiger partial charge is 0.366 e. The summed E-state index contributed by atoms with van der Waals surface area (Å²) >= 11 is 5.89. The predicted octanol–water partition coefficient (Wildman–Crippen LogP) is 2.69. The molecule has 0 spiro atoms. The second kappa shape index (κ2) is 5.17. The molecule has 1 aliphatic rings. The molecule has 0 amide bonds. The van der Waals surface area contributed by atoms with E-state index in [-0.39, 0.29) is 12.2 Å². The number of morpholine rings is 1. The van der Waals surface area contributed by atoms with Crippen molar-refractivity contribution in [3.63, 3.8) is 0 Å². The maximum absolute atomic E-state index is 6.03. The van der Waals surface area contributed by atoms with Gasteiger partial charge in [0.05, 0.1) is 12.2 Å². The summed E-state index contributed by atoms with van der Waals surface area (Å²) in [5.74, 6) is 0.556. The Bertz CT molecular complexity index is 330. The van der Waals surface area contributed by atoms with Crippen LogP contribution in [0.1, 0.15) is 18.6 Å². The van der Waals surface area contributed by atoms with Gasteiger partial charge in [-0.15, -0.1) is 11.6 Å². The zero-order chi connectivity index (χ0) is 11.5. The standard InChI is InChI=1S/C13H18ClNO/c1-10-13(11-6-4-3-5-7-11)16-12(8-14)9-15(10)2/h3-7,10,12-13H,8-9H2,1-2H3/t10-,12-,13-/m0/s1. The van der Waals surface area contributed by atoms with Crippen LogP contribution in [0.15, 0.2) is 30.3 Å². The third-order valence-corrected chi connectivity index (χ3v) is 3.61. The van der Waals surface area contributed by atoms with E-state index < -0.39 is 0 Å². The van der Waals surface area contributed by atoms with E-state index in [1.54, 1.807) is 0 Å². The molecule has 0 unspecified atom stereocenters. The van der Waals surface area contributed by atoms with E-state index in [0.717, 1.165) is 6.54 Å². The minimum absolute atomic E-state index is 0.128. The fraction of sp³-hybridized carbons (Fsp3) is 0.538. The molecule has 1 aromatic carbocycles. The molecular formula is C13H18ClNO. The fourth-order valence-electron chi connectivity index (χ4n) is 2.17. The Balaban J connectivity index is 2.18. The molecule has 0 saturated carbocycles. The number of hydrogen-bond acceptors (Lipinski definition) is 2. The zero-order valence-corrected chi connectivity index (χ0v) is 10.5. The lowest BCUT2D eigenvalue weighted by Gasteiger charge is -2.41. The number of hydrogen-bond donors (Lipinski definition) is 0. The molecule has 2 rings (SSSR count). The van der Waals surface area contributed by atoms with Crippen LogP contribution in [0.25, 0.3) is 0 Å². The average molecular weight is 240 g/mol. The molecule has 1 saturated heterocycles. The van der Waals surface area contributed by atoms with Crippen molar-refractivity contribution in [2.75, 3.05) is 19.5 Å². The van der Waals surface area contributed by atoms with Crippen molar-refractivity contribution in [2.24, 2.45) is 0 Å². The lowest BCUT2D eigenvalue weighted by Crippen LogP contribution is -2.48. The van der Waals surface area contributed by atoms with E-state index in [0.29, 0.717) is 11.9 Å². The molecule has 0 aromatic heterocycles. The van der Waals surface area contributed by atoms with Crippen LogP contribution in [-0.4, -0.2) is 36.5 Å². The van der Waals surface area contributed by atoms with E-state index in [9.17, 15) is 0 Å². The Kier molecular flexibility index (Phi) is 3.85. The van der Waals surface area contributed by atoms with Crippen LogP contribution < -0.4 is 0 Å². The highest BCUT2D eigenvalue weighted by Gasteiger charge is 2.32. The summed E-state index contributed by atoms with van der Waals surface area (Å²) in [7, 11) is 2.13. The highest BCUT2D eigenvalue weighted by Crippen LogP contribution is 2.30. The first-order chi connectivity index (χ1) is 7.72. The van der Waals surface area contributed by atoms with Gasteiger partial charge in [0.15, 0.2) is 0 Å². The van der Waals surface area contributed by atoms with E-state index in [4.69, 9.17) is 16.3 Å². The summed E-state index contributed by atoms with van der Waals surface area (Å²) in [6.07, 6.45) is 0.261. The number of nitrogens with zero attached hydrogens (tertiary/aromatic N) is 1. The molecule has 2 nitrogen and oxygen atoms in total. The summed E-state index contributed by atoms with van der Waals surface area (Å²) in [4.78, 5) is 2.31. The van der Waals surface area contributed by atoms with Crippen LogP contribution >= 0.6 is 11.6 Å². The van der Waals surface area contributed by atoms with Crippen molar-refractivity contribution in [1.82, 2.24) is 4.90 Å². The van der Waals surface area contributed by atoms with Gasteiger partial charge in [0.2, 0.25) is 0 Å². The monoisotopic (exact) mass is 239 g/mol. The maximum Gasteiger partial charge on any atom is 0.0982 e. The summed E-state index contributed by atoms with van der Waals surface area (Å²) < 4.78 is 6.03. The van der Waals surface area contributed by atoms with E-state index >= 15 is 0 Å². The second-order valence-corrected chi connectivity index (χ2v) is 4.73. The third-order valence-electron chi connectivity index (χ3n) is 3.26. The molecule has 88 valence electrons. The molecule has 1 fully saturated rings. The van der Waals surface area contributed by atoms with Crippen molar-refractivity contribution in [3.05, 3.63) is 35.9 Å². The first kappa shape index (κ1) is 11.9. The predicted molar refractivity (Wildman–Crippen MR) is 66.9 cm³/mol. The number of rotatable bonds is 2. The molecular weight excluding hydrogens is 222 g/mol. The summed E-state index contributed by atoms with van der Waals surface area (Å²) in [5, 5.41) is 0. The Hall–Kier alpha value is -0.570. The highest BCUT2D eigenvalue weighted by atomic mass is 35.5. The summed E-state index contributed by atoms with van der Waals surface area (Å²) in [6, 6.07) is 10.8.